The van der Waals surface area contributed by atoms with Gasteiger partial charge in [0.05, 0.1) is 30.4 Å². The smallest absolute Gasteiger partial charge is 0.277 e. The lowest BCUT2D eigenvalue weighted by atomic mass is 10.1. The predicted octanol–water partition coefficient (Wildman–Crippen LogP) is 2.57. The van der Waals surface area contributed by atoms with Gasteiger partial charge in [-0.1, -0.05) is 6.07 Å². The summed E-state index contributed by atoms with van der Waals surface area (Å²) < 4.78 is 30.8. The quantitative estimate of drug-likeness (QED) is 0.691. The lowest BCUT2D eigenvalue weighted by molar-refractivity contribution is 0.102. The lowest BCUT2D eigenvalue weighted by Crippen LogP contribution is -2.17. The van der Waals surface area contributed by atoms with Gasteiger partial charge in [-0.05, 0) is 48.9 Å². The van der Waals surface area contributed by atoms with E-state index in [2.05, 4.69) is 15.4 Å². The van der Waals surface area contributed by atoms with Crippen LogP contribution in [0.2, 0.25) is 0 Å². The summed E-state index contributed by atoms with van der Waals surface area (Å²) in [6, 6.07) is 13.9. The zero-order valence-corrected chi connectivity index (χ0v) is 16.6. The van der Waals surface area contributed by atoms with E-state index in [4.69, 9.17) is 4.74 Å². The molecule has 1 saturated heterocycles. The Bertz CT molecular complexity index is 1130. The molecule has 0 spiro atoms. The Morgan fingerprint density at radius 1 is 1.21 bits per heavy atom. The van der Waals surface area contributed by atoms with E-state index in [0.29, 0.717) is 23.7 Å². The lowest BCUT2D eigenvalue weighted by Gasteiger charge is -2.13. The van der Waals surface area contributed by atoms with Crippen LogP contribution in [0.5, 0.6) is 5.75 Å². The first-order valence-electron chi connectivity index (χ1n) is 9.12. The van der Waals surface area contributed by atoms with E-state index in [0.717, 1.165) is 5.56 Å². The molecule has 8 nitrogen and oxygen atoms in total. The fourth-order valence-corrected chi connectivity index (χ4v) is 5.04. The monoisotopic (exact) mass is 412 g/mol. The third kappa shape index (κ3) is 4.14. The third-order valence-corrected chi connectivity index (χ3v) is 6.57. The Morgan fingerprint density at radius 2 is 2.00 bits per heavy atom. The maximum absolute atomic E-state index is 12.7. The molecule has 0 radical (unpaired) electrons. The predicted molar refractivity (Wildman–Crippen MR) is 109 cm³/mol. The van der Waals surface area contributed by atoms with Crippen molar-refractivity contribution < 1.29 is 17.9 Å². The highest BCUT2D eigenvalue weighted by Crippen LogP contribution is 2.31. The van der Waals surface area contributed by atoms with Gasteiger partial charge in [-0.15, -0.1) is 0 Å². The average molecular weight is 412 g/mol. The molecule has 1 aliphatic heterocycles. The SMILES string of the molecule is COc1ccc(-c2cc(C(=O)Nc3ccccn3)nn2[C@@H]2CCS(=O)(=O)C2)cc1. The van der Waals surface area contributed by atoms with Gasteiger partial charge in [0.1, 0.15) is 11.6 Å². The number of nitrogens with zero attached hydrogens (tertiary/aromatic N) is 3. The van der Waals surface area contributed by atoms with Gasteiger partial charge in [-0.2, -0.15) is 5.10 Å². The second-order valence-corrected chi connectivity index (χ2v) is 9.04. The molecule has 150 valence electrons. The molecular weight excluding hydrogens is 392 g/mol. The number of aromatic nitrogens is 3. The maximum Gasteiger partial charge on any atom is 0.277 e. The fourth-order valence-electron chi connectivity index (χ4n) is 3.35. The second-order valence-electron chi connectivity index (χ2n) is 6.81. The van der Waals surface area contributed by atoms with Crippen molar-refractivity contribution in [1.82, 2.24) is 14.8 Å². The van der Waals surface area contributed by atoms with Gasteiger partial charge >= 0.3 is 0 Å². The number of hydrogen-bond acceptors (Lipinski definition) is 6. The van der Waals surface area contributed by atoms with Crippen molar-refractivity contribution in [2.45, 2.75) is 12.5 Å². The second kappa shape index (κ2) is 7.67. The van der Waals surface area contributed by atoms with Crippen molar-refractivity contribution in [2.75, 3.05) is 23.9 Å². The summed E-state index contributed by atoms with van der Waals surface area (Å²) in [5.41, 5.74) is 1.70. The van der Waals surface area contributed by atoms with Crippen LogP contribution in [0.4, 0.5) is 5.82 Å². The molecule has 4 rings (SSSR count). The first kappa shape index (κ1) is 19.1. The van der Waals surface area contributed by atoms with Crippen molar-refractivity contribution in [3.05, 3.63) is 60.4 Å². The molecule has 0 bridgehead atoms. The molecule has 3 heterocycles. The van der Waals surface area contributed by atoms with Gasteiger partial charge in [0.25, 0.3) is 5.91 Å². The van der Waals surface area contributed by atoms with E-state index in [9.17, 15) is 13.2 Å². The largest absolute Gasteiger partial charge is 0.497 e. The van der Waals surface area contributed by atoms with Gasteiger partial charge in [0.15, 0.2) is 15.5 Å². The molecule has 2 aromatic heterocycles. The number of nitrogens with one attached hydrogen (secondary N) is 1. The minimum absolute atomic E-state index is 0.0130. The number of pyridine rings is 1. The van der Waals surface area contributed by atoms with Gasteiger partial charge < -0.3 is 10.1 Å². The number of sulfone groups is 1. The third-order valence-electron chi connectivity index (χ3n) is 4.81. The van der Waals surface area contributed by atoms with Crippen LogP contribution in [0.3, 0.4) is 0 Å². The van der Waals surface area contributed by atoms with Crippen LogP contribution in [-0.4, -0.2) is 47.7 Å². The van der Waals surface area contributed by atoms with E-state index in [1.165, 1.54) is 0 Å². The zero-order chi connectivity index (χ0) is 20.4. The number of rotatable bonds is 5. The molecule has 1 aromatic carbocycles. The Balaban J connectivity index is 1.70. The van der Waals surface area contributed by atoms with E-state index < -0.39 is 15.7 Å². The zero-order valence-electron chi connectivity index (χ0n) is 15.8. The maximum atomic E-state index is 12.7. The molecule has 3 aromatic rings. The van der Waals surface area contributed by atoms with Crippen LogP contribution in [0.15, 0.2) is 54.7 Å². The molecule has 1 atom stereocenters. The van der Waals surface area contributed by atoms with Crippen LogP contribution in [0, 0.1) is 0 Å². The summed E-state index contributed by atoms with van der Waals surface area (Å²) in [7, 11) is -1.52. The molecule has 1 aliphatic rings. The van der Waals surface area contributed by atoms with Gasteiger partial charge in [0, 0.05) is 11.8 Å². The number of carbonyl (C=O) groups is 1. The normalized spacial score (nSPS) is 17.8. The van der Waals surface area contributed by atoms with E-state index in [-0.39, 0.29) is 23.2 Å². The summed E-state index contributed by atoms with van der Waals surface area (Å²) in [6.45, 7) is 0. The van der Waals surface area contributed by atoms with Crippen LogP contribution >= 0.6 is 0 Å². The topological polar surface area (TPSA) is 103 Å². The number of amides is 1. The minimum Gasteiger partial charge on any atom is -0.497 e. The van der Waals surface area contributed by atoms with E-state index in [1.807, 2.05) is 24.3 Å². The molecule has 0 saturated carbocycles. The Labute approximate surface area is 168 Å². The number of carbonyl (C=O) groups excluding carboxylic acids is 1. The molecule has 1 amide bonds. The van der Waals surface area contributed by atoms with Gasteiger partial charge in [0.2, 0.25) is 0 Å². The molecule has 29 heavy (non-hydrogen) atoms. The van der Waals surface area contributed by atoms with Gasteiger partial charge in [-0.25, -0.2) is 13.4 Å². The first-order valence-corrected chi connectivity index (χ1v) is 10.9. The first-order chi connectivity index (χ1) is 13.9. The molecule has 0 unspecified atom stereocenters. The van der Waals surface area contributed by atoms with Crippen molar-refractivity contribution in [3.8, 4) is 17.0 Å². The molecule has 1 fully saturated rings. The molecule has 9 heteroatoms. The minimum atomic E-state index is -3.10. The molecule has 1 N–H and O–H groups in total. The van der Waals surface area contributed by atoms with Crippen LogP contribution in [-0.2, 0) is 9.84 Å². The van der Waals surface area contributed by atoms with E-state index >= 15 is 0 Å². The van der Waals surface area contributed by atoms with Crippen molar-refractivity contribution in [2.24, 2.45) is 0 Å². The number of anilines is 1. The standard InChI is InChI=1S/C20H20N4O4S/c1-28-16-7-5-14(6-8-16)18-12-17(20(25)22-19-4-2-3-10-21-19)23-24(18)15-9-11-29(26,27)13-15/h2-8,10,12,15H,9,11,13H2,1H3,(H,21,22,25)/t15-/m1/s1. The number of ether oxygens (including phenoxy) is 1. The summed E-state index contributed by atoms with van der Waals surface area (Å²) in [5.74, 6) is 0.852. The van der Waals surface area contributed by atoms with Crippen molar-refractivity contribution >= 4 is 21.6 Å². The van der Waals surface area contributed by atoms with Crippen LogP contribution in [0.25, 0.3) is 11.3 Å². The summed E-state index contributed by atoms with van der Waals surface area (Å²) >= 11 is 0. The van der Waals surface area contributed by atoms with Gasteiger partial charge in [-0.3, -0.25) is 9.48 Å². The fraction of sp³-hybridized carbons (Fsp3) is 0.250. The Hall–Kier alpha value is -3.20. The average Bonchev–Trinajstić information content (AvgIpc) is 3.32. The van der Waals surface area contributed by atoms with Crippen molar-refractivity contribution in [1.29, 1.82) is 0 Å². The van der Waals surface area contributed by atoms with E-state index in [1.54, 1.807) is 42.3 Å². The highest BCUT2D eigenvalue weighted by atomic mass is 32.2. The van der Waals surface area contributed by atoms with Crippen LogP contribution < -0.4 is 10.1 Å². The number of benzene rings is 1. The Morgan fingerprint density at radius 3 is 2.62 bits per heavy atom. The molecule has 0 aliphatic carbocycles. The summed E-state index contributed by atoms with van der Waals surface area (Å²) in [4.78, 5) is 16.8. The number of hydrogen-bond donors (Lipinski definition) is 1. The van der Waals surface area contributed by atoms with Crippen molar-refractivity contribution in [3.63, 3.8) is 0 Å². The number of methoxy groups -OCH3 is 1. The van der Waals surface area contributed by atoms with Crippen LogP contribution in [0.1, 0.15) is 23.0 Å². The molecular formula is C20H20N4O4S. The summed E-state index contributed by atoms with van der Waals surface area (Å²) in [5, 5.41) is 7.17. The Kier molecular flexibility index (Phi) is 5.06. The highest BCUT2D eigenvalue weighted by molar-refractivity contribution is 7.91. The summed E-state index contributed by atoms with van der Waals surface area (Å²) in [6.07, 6.45) is 2.05. The highest BCUT2D eigenvalue weighted by Gasteiger charge is 2.32.